The molecule has 2 fully saturated rings. The molecule has 4 amide bonds. The Labute approximate surface area is 182 Å². The van der Waals surface area contributed by atoms with Crippen LogP contribution in [-0.4, -0.2) is 58.4 Å². The van der Waals surface area contributed by atoms with Crippen LogP contribution < -0.4 is 10.6 Å². The van der Waals surface area contributed by atoms with E-state index in [0.29, 0.717) is 16.7 Å². The minimum Gasteiger partial charge on any atom is -0.505 e. The topological polar surface area (TPSA) is 102 Å². The number of benzene rings is 2. The Morgan fingerprint density at radius 2 is 1.80 bits per heavy atom. The number of carbonyl (C=O) groups is 3. The number of fused-ring (bicyclic) bond motifs is 1. The first-order valence-corrected chi connectivity index (χ1v) is 10.5. The van der Waals surface area contributed by atoms with Crippen LogP contribution in [0, 0.1) is 0 Å². The molecule has 156 valence electrons. The molecule has 2 aromatic rings. The third-order valence-corrected chi connectivity index (χ3v) is 6.07. The lowest BCUT2D eigenvalue weighted by Crippen LogP contribution is -2.55. The van der Waals surface area contributed by atoms with Gasteiger partial charge < -0.3 is 25.5 Å². The van der Waals surface area contributed by atoms with E-state index in [1.807, 2.05) is 11.0 Å². The minimum absolute atomic E-state index is 0.00501. The van der Waals surface area contributed by atoms with Crippen LogP contribution in [-0.2, 0) is 4.79 Å². The van der Waals surface area contributed by atoms with E-state index in [4.69, 9.17) is 0 Å². The van der Waals surface area contributed by atoms with Crippen molar-refractivity contribution in [2.75, 3.05) is 30.3 Å². The third-order valence-electron chi connectivity index (χ3n) is 5.38. The Kier molecular flexibility index (Phi) is 5.63. The molecule has 2 heterocycles. The lowest BCUT2D eigenvalue weighted by molar-refractivity contribution is -0.136. The number of hydrogen-bond donors (Lipinski definition) is 3. The zero-order valence-electron chi connectivity index (χ0n) is 16.1. The highest BCUT2D eigenvalue weighted by Crippen LogP contribution is 2.31. The molecule has 0 aromatic heterocycles. The zero-order chi connectivity index (χ0) is 21.3. The molecule has 0 saturated carbocycles. The van der Waals surface area contributed by atoms with Crippen LogP contribution in [0.25, 0.3) is 0 Å². The molecule has 1 unspecified atom stereocenters. The first-order valence-electron chi connectivity index (χ1n) is 9.67. The van der Waals surface area contributed by atoms with Crippen molar-refractivity contribution in [3.63, 3.8) is 0 Å². The number of nitrogens with one attached hydrogen (secondary N) is 2. The number of halogens is 1. The Balaban J connectivity index is 1.48. The van der Waals surface area contributed by atoms with Gasteiger partial charge in [-0.15, -0.1) is 0 Å². The minimum atomic E-state index is -0.559. The summed E-state index contributed by atoms with van der Waals surface area (Å²) in [5.41, 5.74) is 0.721. The number of hydrogen-bond acceptors (Lipinski definition) is 4. The van der Waals surface area contributed by atoms with E-state index in [1.165, 1.54) is 17.0 Å². The number of rotatable bonds is 3. The largest absolute Gasteiger partial charge is 0.505 e. The molecule has 4 rings (SSSR count). The first-order chi connectivity index (χ1) is 14.4. The number of phenolic OH excluding ortho intramolecular Hbond substituents is 1. The SMILES string of the molecule is O=C(Nc1ccccc1Br)Nc1cccc(C(=O)N2CC(=O)N3CCCC3C2)c1O. The average Bonchev–Trinajstić information content (AvgIpc) is 3.20. The maximum Gasteiger partial charge on any atom is 0.323 e. The summed E-state index contributed by atoms with van der Waals surface area (Å²) in [5.74, 6) is -0.827. The number of aromatic hydroxyl groups is 1. The van der Waals surface area contributed by atoms with E-state index in [-0.39, 0.29) is 35.5 Å². The van der Waals surface area contributed by atoms with Crippen molar-refractivity contribution < 1.29 is 19.5 Å². The second-order valence-electron chi connectivity index (χ2n) is 7.33. The zero-order valence-corrected chi connectivity index (χ0v) is 17.7. The first kappa shape index (κ1) is 20.2. The number of piperazine rings is 1. The third kappa shape index (κ3) is 3.97. The number of amides is 4. The standard InChI is InChI=1S/C21H21BrN4O4/c22-15-7-1-2-8-16(15)23-21(30)24-17-9-3-6-14(19(17)28)20(29)25-11-13-5-4-10-26(13)18(27)12-25/h1-3,6-9,13,28H,4-5,10-12H2,(H2,23,24,30). The summed E-state index contributed by atoms with van der Waals surface area (Å²) in [5, 5.41) is 15.9. The monoisotopic (exact) mass is 472 g/mol. The van der Waals surface area contributed by atoms with E-state index in [1.54, 1.807) is 24.3 Å². The molecule has 2 aromatic carbocycles. The smallest absolute Gasteiger partial charge is 0.323 e. The number of anilines is 2. The van der Waals surface area contributed by atoms with Gasteiger partial charge in [0.1, 0.15) is 6.54 Å². The second kappa shape index (κ2) is 8.35. The number of nitrogens with zero attached hydrogens (tertiary/aromatic N) is 2. The van der Waals surface area contributed by atoms with Crippen molar-refractivity contribution in [1.29, 1.82) is 0 Å². The highest BCUT2D eigenvalue weighted by Gasteiger charge is 2.38. The van der Waals surface area contributed by atoms with Crippen molar-refractivity contribution in [1.82, 2.24) is 9.80 Å². The second-order valence-corrected chi connectivity index (χ2v) is 8.18. The summed E-state index contributed by atoms with van der Waals surface area (Å²) < 4.78 is 0.712. The van der Waals surface area contributed by atoms with Crippen molar-refractivity contribution in [3.8, 4) is 5.75 Å². The molecule has 0 bridgehead atoms. The maximum atomic E-state index is 13.0. The highest BCUT2D eigenvalue weighted by molar-refractivity contribution is 9.10. The lowest BCUT2D eigenvalue weighted by atomic mass is 10.1. The number of para-hydroxylation sites is 2. The molecular weight excluding hydrogens is 452 g/mol. The molecule has 2 aliphatic heterocycles. The summed E-state index contributed by atoms with van der Waals surface area (Å²) in [6, 6.07) is 11.2. The van der Waals surface area contributed by atoms with Gasteiger partial charge in [-0.1, -0.05) is 18.2 Å². The van der Waals surface area contributed by atoms with Gasteiger partial charge in [0, 0.05) is 23.6 Å². The number of urea groups is 1. The summed E-state index contributed by atoms with van der Waals surface area (Å²) in [6.45, 7) is 1.18. The molecule has 0 spiro atoms. The summed E-state index contributed by atoms with van der Waals surface area (Å²) in [7, 11) is 0. The molecule has 0 radical (unpaired) electrons. The van der Waals surface area contributed by atoms with Crippen LogP contribution >= 0.6 is 15.9 Å². The van der Waals surface area contributed by atoms with Gasteiger partial charge >= 0.3 is 6.03 Å². The molecule has 1 atom stereocenters. The summed E-state index contributed by atoms with van der Waals surface area (Å²) in [4.78, 5) is 40.9. The van der Waals surface area contributed by atoms with Crippen LogP contribution in [0.4, 0.5) is 16.2 Å². The Hall–Kier alpha value is -3.07. The molecule has 9 heteroatoms. The Bertz CT molecular complexity index is 1010. The van der Waals surface area contributed by atoms with Gasteiger partial charge in [-0.05, 0) is 53.0 Å². The average molecular weight is 473 g/mol. The number of phenols is 1. The van der Waals surface area contributed by atoms with Crippen molar-refractivity contribution in [3.05, 3.63) is 52.5 Å². The molecule has 3 N–H and O–H groups in total. The van der Waals surface area contributed by atoms with Crippen LogP contribution in [0.5, 0.6) is 5.75 Å². The van der Waals surface area contributed by atoms with Crippen LogP contribution in [0.2, 0.25) is 0 Å². The van der Waals surface area contributed by atoms with Crippen LogP contribution in [0.15, 0.2) is 46.9 Å². The van der Waals surface area contributed by atoms with Gasteiger partial charge in [0.05, 0.1) is 16.9 Å². The molecule has 2 aliphatic rings. The van der Waals surface area contributed by atoms with Crippen molar-refractivity contribution in [2.24, 2.45) is 0 Å². The predicted octanol–water partition coefficient (Wildman–Crippen LogP) is 3.25. The fourth-order valence-corrected chi connectivity index (χ4v) is 4.29. The van der Waals surface area contributed by atoms with Gasteiger partial charge in [-0.3, -0.25) is 9.59 Å². The number of carbonyl (C=O) groups excluding carboxylic acids is 3. The quantitative estimate of drug-likeness (QED) is 0.596. The van der Waals surface area contributed by atoms with Crippen molar-refractivity contribution in [2.45, 2.75) is 18.9 Å². The van der Waals surface area contributed by atoms with E-state index in [0.717, 1.165) is 19.4 Å². The van der Waals surface area contributed by atoms with Gasteiger partial charge in [0.25, 0.3) is 5.91 Å². The van der Waals surface area contributed by atoms with E-state index >= 15 is 0 Å². The van der Waals surface area contributed by atoms with Gasteiger partial charge in [0.2, 0.25) is 5.91 Å². The fourth-order valence-electron chi connectivity index (χ4n) is 3.91. The Morgan fingerprint density at radius 3 is 2.60 bits per heavy atom. The normalized spacial score (nSPS) is 18.2. The predicted molar refractivity (Wildman–Crippen MR) is 116 cm³/mol. The van der Waals surface area contributed by atoms with Crippen LogP contribution in [0.3, 0.4) is 0 Å². The maximum absolute atomic E-state index is 13.0. The van der Waals surface area contributed by atoms with Crippen LogP contribution in [0.1, 0.15) is 23.2 Å². The molecular formula is C21H21BrN4O4. The van der Waals surface area contributed by atoms with Gasteiger partial charge in [0.15, 0.2) is 5.75 Å². The fraction of sp³-hybridized carbons (Fsp3) is 0.286. The molecule has 2 saturated heterocycles. The van der Waals surface area contributed by atoms with Crippen molar-refractivity contribution >= 4 is 45.2 Å². The Morgan fingerprint density at radius 1 is 1.07 bits per heavy atom. The van der Waals surface area contributed by atoms with E-state index in [2.05, 4.69) is 26.6 Å². The molecule has 30 heavy (non-hydrogen) atoms. The lowest BCUT2D eigenvalue weighted by Gasteiger charge is -2.37. The summed E-state index contributed by atoms with van der Waals surface area (Å²) >= 11 is 3.35. The van der Waals surface area contributed by atoms with E-state index < -0.39 is 11.9 Å². The highest BCUT2D eigenvalue weighted by atomic mass is 79.9. The molecule has 8 nitrogen and oxygen atoms in total. The van der Waals surface area contributed by atoms with Gasteiger partial charge in [-0.25, -0.2) is 4.79 Å². The van der Waals surface area contributed by atoms with Gasteiger partial charge in [-0.2, -0.15) is 0 Å². The molecule has 0 aliphatic carbocycles. The van der Waals surface area contributed by atoms with E-state index in [9.17, 15) is 19.5 Å². The summed E-state index contributed by atoms with van der Waals surface area (Å²) in [6.07, 6.45) is 1.81.